The van der Waals surface area contributed by atoms with Crippen LogP contribution in [-0.2, 0) is 6.54 Å². The molecule has 2 aromatic rings. The van der Waals surface area contributed by atoms with Crippen molar-refractivity contribution in [2.75, 3.05) is 7.05 Å². The smallest absolute Gasteiger partial charge is 0.146 e. The predicted octanol–water partition coefficient (Wildman–Crippen LogP) is 4.75. The second kappa shape index (κ2) is 6.37. The molecule has 0 bridgehead atoms. The molecule has 19 heavy (non-hydrogen) atoms. The molecule has 0 saturated carbocycles. The Kier molecular flexibility index (Phi) is 4.80. The van der Waals surface area contributed by atoms with Crippen molar-refractivity contribution in [3.63, 3.8) is 0 Å². The molecule has 0 aliphatic rings. The first-order valence-electron chi connectivity index (χ1n) is 5.66. The van der Waals surface area contributed by atoms with E-state index in [-0.39, 0.29) is 5.82 Å². The minimum Gasteiger partial charge on any atom is -0.456 e. The Morgan fingerprint density at radius 1 is 1.26 bits per heavy atom. The number of hydrogen-bond donors (Lipinski definition) is 1. The largest absolute Gasteiger partial charge is 0.456 e. The van der Waals surface area contributed by atoms with Crippen LogP contribution in [0.2, 0.25) is 5.02 Å². The lowest BCUT2D eigenvalue weighted by molar-refractivity contribution is 0.476. The van der Waals surface area contributed by atoms with Gasteiger partial charge in [-0.15, -0.1) is 0 Å². The minimum absolute atomic E-state index is 0.375. The highest BCUT2D eigenvalue weighted by Crippen LogP contribution is 2.31. The van der Waals surface area contributed by atoms with Crippen LogP contribution in [0.1, 0.15) is 5.56 Å². The number of ether oxygens (including phenoxy) is 1. The highest BCUT2D eigenvalue weighted by Gasteiger charge is 2.06. The molecule has 0 aliphatic heterocycles. The van der Waals surface area contributed by atoms with Crippen molar-refractivity contribution < 1.29 is 9.13 Å². The highest BCUT2D eigenvalue weighted by atomic mass is 79.9. The van der Waals surface area contributed by atoms with Crippen molar-refractivity contribution in [1.29, 1.82) is 0 Å². The highest BCUT2D eigenvalue weighted by molar-refractivity contribution is 9.10. The molecule has 0 unspecified atom stereocenters. The molecule has 0 heterocycles. The summed E-state index contributed by atoms with van der Waals surface area (Å²) in [4.78, 5) is 0. The van der Waals surface area contributed by atoms with Gasteiger partial charge in [-0.1, -0.05) is 17.7 Å². The standard InChI is InChI=1S/C14H12BrClFNO/c1-18-8-9-2-5-14(12(16)6-9)19-10-3-4-11(15)13(17)7-10/h2-7,18H,8H2,1H3. The molecule has 0 spiro atoms. The molecule has 2 aromatic carbocycles. The van der Waals surface area contributed by atoms with Crippen molar-refractivity contribution in [2.45, 2.75) is 6.54 Å². The predicted molar refractivity (Wildman–Crippen MR) is 78.4 cm³/mol. The van der Waals surface area contributed by atoms with Gasteiger partial charge >= 0.3 is 0 Å². The van der Waals surface area contributed by atoms with Crippen molar-refractivity contribution in [3.8, 4) is 11.5 Å². The Balaban J connectivity index is 2.20. The molecule has 0 atom stereocenters. The van der Waals surface area contributed by atoms with Gasteiger partial charge in [-0.3, -0.25) is 0 Å². The molecule has 2 nitrogen and oxygen atoms in total. The molecule has 5 heteroatoms. The molecule has 0 aromatic heterocycles. The van der Waals surface area contributed by atoms with E-state index in [0.717, 1.165) is 12.1 Å². The fourth-order valence-electron chi connectivity index (χ4n) is 1.61. The maximum Gasteiger partial charge on any atom is 0.146 e. The Hall–Kier alpha value is -1.10. The zero-order chi connectivity index (χ0) is 13.8. The van der Waals surface area contributed by atoms with Gasteiger partial charge < -0.3 is 10.1 Å². The third-order valence-electron chi connectivity index (χ3n) is 2.50. The molecule has 0 aliphatic carbocycles. The van der Waals surface area contributed by atoms with Crippen molar-refractivity contribution in [1.82, 2.24) is 5.32 Å². The van der Waals surface area contributed by atoms with Crippen LogP contribution in [0, 0.1) is 5.82 Å². The van der Waals surface area contributed by atoms with Crippen LogP contribution in [0.5, 0.6) is 11.5 Å². The second-order valence-electron chi connectivity index (χ2n) is 3.97. The van der Waals surface area contributed by atoms with E-state index < -0.39 is 0 Å². The van der Waals surface area contributed by atoms with Crippen molar-refractivity contribution >= 4 is 27.5 Å². The van der Waals surface area contributed by atoms with Crippen LogP contribution in [0.25, 0.3) is 0 Å². The zero-order valence-electron chi connectivity index (χ0n) is 10.2. The van der Waals surface area contributed by atoms with E-state index in [1.54, 1.807) is 18.2 Å². The lowest BCUT2D eigenvalue weighted by atomic mass is 10.2. The summed E-state index contributed by atoms with van der Waals surface area (Å²) in [7, 11) is 1.86. The van der Waals surface area contributed by atoms with Crippen LogP contribution in [0.3, 0.4) is 0 Å². The average Bonchev–Trinajstić information content (AvgIpc) is 2.37. The van der Waals surface area contributed by atoms with Gasteiger partial charge in [0.05, 0.1) is 9.50 Å². The number of halogens is 3. The molecular formula is C14H12BrClFNO. The lowest BCUT2D eigenvalue weighted by Gasteiger charge is -2.09. The maximum atomic E-state index is 13.4. The summed E-state index contributed by atoms with van der Waals surface area (Å²) in [6.07, 6.45) is 0. The Morgan fingerprint density at radius 3 is 2.68 bits per heavy atom. The number of hydrogen-bond acceptors (Lipinski definition) is 2. The molecule has 0 saturated heterocycles. The second-order valence-corrected chi connectivity index (χ2v) is 5.23. The SMILES string of the molecule is CNCc1ccc(Oc2ccc(Br)c(F)c2)c(Cl)c1. The van der Waals surface area contributed by atoms with Crippen LogP contribution in [0.15, 0.2) is 40.9 Å². The summed E-state index contributed by atoms with van der Waals surface area (Å²) in [5.41, 5.74) is 1.06. The Morgan fingerprint density at radius 2 is 2.05 bits per heavy atom. The summed E-state index contributed by atoms with van der Waals surface area (Å²) in [5.74, 6) is 0.535. The zero-order valence-corrected chi connectivity index (χ0v) is 12.6. The van der Waals surface area contributed by atoms with Crippen LogP contribution >= 0.6 is 27.5 Å². The van der Waals surface area contributed by atoms with E-state index in [1.165, 1.54) is 6.07 Å². The molecule has 100 valence electrons. The third kappa shape index (κ3) is 3.69. The lowest BCUT2D eigenvalue weighted by Crippen LogP contribution is -2.04. The number of nitrogens with one attached hydrogen (secondary N) is 1. The van der Waals surface area contributed by atoms with Gasteiger partial charge in [0, 0.05) is 12.6 Å². The first-order chi connectivity index (χ1) is 9.10. The summed E-state index contributed by atoms with van der Waals surface area (Å²) < 4.78 is 19.3. The van der Waals surface area contributed by atoms with Gasteiger partial charge in [-0.25, -0.2) is 4.39 Å². The minimum atomic E-state index is -0.375. The topological polar surface area (TPSA) is 21.3 Å². The van der Waals surface area contributed by atoms with E-state index in [4.69, 9.17) is 16.3 Å². The summed E-state index contributed by atoms with van der Waals surface area (Å²) in [6, 6.07) is 10.1. The number of benzene rings is 2. The third-order valence-corrected chi connectivity index (χ3v) is 3.43. The van der Waals surface area contributed by atoms with Crippen LogP contribution in [-0.4, -0.2) is 7.05 Å². The van der Waals surface area contributed by atoms with Gasteiger partial charge in [0.2, 0.25) is 0 Å². The Labute approximate surface area is 124 Å². The average molecular weight is 345 g/mol. The first kappa shape index (κ1) is 14.3. The summed E-state index contributed by atoms with van der Waals surface area (Å²) in [6.45, 7) is 0.729. The van der Waals surface area contributed by atoms with E-state index in [2.05, 4.69) is 21.2 Å². The van der Waals surface area contributed by atoms with E-state index >= 15 is 0 Å². The quantitative estimate of drug-likeness (QED) is 0.864. The van der Waals surface area contributed by atoms with Gasteiger partial charge in [-0.05, 0) is 52.8 Å². The fraction of sp³-hybridized carbons (Fsp3) is 0.143. The normalized spacial score (nSPS) is 10.5. The van der Waals surface area contributed by atoms with Gasteiger partial charge in [0.15, 0.2) is 0 Å². The van der Waals surface area contributed by atoms with Crippen LogP contribution < -0.4 is 10.1 Å². The van der Waals surface area contributed by atoms with Crippen molar-refractivity contribution in [3.05, 3.63) is 57.3 Å². The van der Waals surface area contributed by atoms with Gasteiger partial charge in [-0.2, -0.15) is 0 Å². The maximum absolute atomic E-state index is 13.4. The van der Waals surface area contributed by atoms with Crippen molar-refractivity contribution in [2.24, 2.45) is 0 Å². The molecule has 2 rings (SSSR count). The number of rotatable bonds is 4. The molecule has 1 N–H and O–H groups in total. The van der Waals surface area contributed by atoms with E-state index in [9.17, 15) is 4.39 Å². The Bertz CT molecular complexity index is 592. The molecular weight excluding hydrogens is 333 g/mol. The van der Waals surface area contributed by atoms with Crippen LogP contribution in [0.4, 0.5) is 4.39 Å². The van der Waals surface area contributed by atoms with Gasteiger partial charge in [0.1, 0.15) is 17.3 Å². The molecule has 0 fully saturated rings. The van der Waals surface area contributed by atoms with E-state index in [0.29, 0.717) is 21.0 Å². The molecule has 0 radical (unpaired) electrons. The first-order valence-corrected chi connectivity index (χ1v) is 6.83. The summed E-state index contributed by atoms with van der Waals surface area (Å²) in [5, 5.41) is 3.54. The van der Waals surface area contributed by atoms with E-state index in [1.807, 2.05) is 19.2 Å². The van der Waals surface area contributed by atoms with Gasteiger partial charge in [0.25, 0.3) is 0 Å². The molecule has 0 amide bonds. The monoisotopic (exact) mass is 343 g/mol. The summed E-state index contributed by atoms with van der Waals surface area (Å²) >= 11 is 9.22. The fourth-order valence-corrected chi connectivity index (χ4v) is 2.10.